The van der Waals surface area contributed by atoms with E-state index in [2.05, 4.69) is 40.0 Å². The molecule has 0 saturated heterocycles. The lowest BCUT2D eigenvalue weighted by Crippen LogP contribution is -2.51. The van der Waals surface area contributed by atoms with Crippen LogP contribution in [0.25, 0.3) is 0 Å². The Balaban J connectivity index is 2.31. The highest BCUT2D eigenvalue weighted by atomic mass is 16.3. The SMILES string of the molecule is C=C/C(C)=C/C[C@@H]1C(=C)CC[C@@H]2[C@](C)(CO)CCC[C@@]12C. The summed E-state index contributed by atoms with van der Waals surface area (Å²) in [5, 5.41) is 9.96. The first-order chi connectivity index (χ1) is 9.87. The van der Waals surface area contributed by atoms with Crippen LogP contribution in [0.15, 0.2) is 36.5 Å². The first kappa shape index (κ1) is 16.5. The zero-order valence-corrected chi connectivity index (χ0v) is 14.1. The van der Waals surface area contributed by atoms with Gasteiger partial charge < -0.3 is 5.11 Å². The Morgan fingerprint density at radius 1 is 1.38 bits per heavy atom. The van der Waals surface area contributed by atoms with Gasteiger partial charge in [-0.25, -0.2) is 0 Å². The molecule has 118 valence electrons. The van der Waals surface area contributed by atoms with Crippen LogP contribution in [0.4, 0.5) is 0 Å². The van der Waals surface area contributed by atoms with Gasteiger partial charge in [-0.05, 0) is 61.7 Å². The molecule has 2 aliphatic rings. The third-order valence-corrected chi connectivity index (χ3v) is 6.50. The summed E-state index contributed by atoms with van der Waals surface area (Å²) in [6, 6.07) is 0. The smallest absolute Gasteiger partial charge is 0.0487 e. The number of aliphatic hydroxyl groups is 1. The first-order valence-corrected chi connectivity index (χ1v) is 8.45. The highest BCUT2D eigenvalue weighted by molar-refractivity contribution is 5.20. The van der Waals surface area contributed by atoms with Gasteiger partial charge in [0.15, 0.2) is 0 Å². The van der Waals surface area contributed by atoms with Crippen LogP contribution in [0, 0.1) is 22.7 Å². The summed E-state index contributed by atoms with van der Waals surface area (Å²) in [7, 11) is 0. The quantitative estimate of drug-likeness (QED) is 0.551. The van der Waals surface area contributed by atoms with E-state index in [0.717, 1.165) is 12.8 Å². The van der Waals surface area contributed by atoms with Crippen LogP contribution < -0.4 is 0 Å². The van der Waals surface area contributed by atoms with Crippen molar-refractivity contribution in [2.24, 2.45) is 22.7 Å². The molecule has 0 aromatic carbocycles. The largest absolute Gasteiger partial charge is 0.396 e. The molecule has 0 aliphatic heterocycles. The fraction of sp³-hybridized carbons (Fsp3) is 0.700. The van der Waals surface area contributed by atoms with Gasteiger partial charge in [0.1, 0.15) is 0 Å². The second-order valence-electron chi connectivity index (χ2n) is 7.86. The van der Waals surface area contributed by atoms with Gasteiger partial charge in [0, 0.05) is 6.61 Å². The fourth-order valence-corrected chi connectivity index (χ4v) is 5.10. The van der Waals surface area contributed by atoms with Gasteiger partial charge >= 0.3 is 0 Å². The van der Waals surface area contributed by atoms with Gasteiger partial charge in [0.05, 0.1) is 0 Å². The van der Waals surface area contributed by atoms with Crippen LogP contribution in [0.5, 0.6) is 0 Å². The third kappa shape index (κ3) is 2.90. The lowest BCUT2D eigenvalue weighted by atomic mass is 9.47. The van der Waals surface area contributed by atoms with E-state index in [-0.39, 0.29) is 5.41 Å². The van der Waals surface area contributed by atoms with Crippen molar-refractivity contribution in [2.45, 2.75) is 59.3 Å². The Labute approximate surface area is 130 Å². The van der Waals surface area contributed by atoms with E-state index in [1.54, 1.807) is 0 Å². The lowest BCUT2D eigenvalue weighted by molar-refractivity contribution is -0.0837. The molecule has 2 rings (SSSR count). The highest BCUT2D eigenvalue weighted by Gasteiger charge is 2.53. The van der Waals surface area contributed by atoms with Crippen molar-refractivity contribution in [3.05, 3.63) is 36.5 Å². The van der Waals surface area contributed by atoms with Crippen molar-refractivity contribution in [3.63, 3.8) is 0 Å². The molecule has 2 saturated carbocycles. The summed E-state index contributed by atoms with van der Waals surface area (Å²) in [5.74, 6) is 1.18. The molecule has 1 nitrogen and oxygen atoms in total. The van der Waals surface area contributed by atoms with E-state index in [1.165, 1.54) is 36.8 Å². The maximum atomic E-state index is 9.96. The zero-order valence-electron chi connectivity index (χ0n) is 14.1. The lowest BCUT2D eigenvalue weighted by Gasteiger charge is -2.58. The normalized spacial score (nSPS) is 40.8. The maximum Gasteiger partial charge on any atom is 0.0487 e. The standard InChI is InChI=1S/C20H32O/c1-6-15(2)8-10-17-16(3)9-11-18-19(4,14-21)12-7-13-20(17,18)5/h6,8,17-18,21H,1,3,7,9-14H2,2,4-5H3/b15-8+/t17-,18-,19+,20+/m1/s1. The Morgan fingerprint density at radius 3 is 2.71 bits per heavy atom. The van der Waals surface area contributed by atoms with Crippen molar-refractivity contribution >= 4 is 0 Å². The fourth-order valence-electron chi connectivity index (χ4n) is 5.10. The molecule has 0 heterocycles. The van der Waals surface area contributed by atoms with Gasteiger partial charge in [-0.3, -0.25) is 0 Å². The molecule has 0 aromatic rings. The van der Waals surface area contributed by atoms with E-state index in [9.17, 15) is 5.11 Å². The van der Waals surface area contributed by atoms with E-state index in [4.69, 9.17) is 0 Å². The predicted molar refractivity (Wildman–Crippen MR) is 91.1 cm³/mol. The van der Waals surface area contributed by atoms with Crippen molar-refractivity contribution in [1.29, 1.82) is 0 Å². The molecular weight excluding hydrogens is 256 g/mol. The summed E-state index contributed by atoms with van der Waals surface area (Å²) in [6.07, 6.45) is 11.3. The van der Waals surface area contributed by atoms with Gasteiger partial charge in [-0.15, -0.1) is 0 Å². The number of fused-ring (bicyclic) bond motifs is 1. The summed E-state index contributed by atoms with van der Waals surface area (Å²) in [6.45, 7) is 15.4. The molecule has 21 heavy (non-hydrogen) atoms. The Morgan fingerprint density at radius 2 is 2.10 bits per heavy atom. The molecule has 1 N–H and O–H groups in total. The second-order valence-corrected chi connectivity index (χ2v) is 7.86. The van der Waals surface area contributed by atoms with E-state index in [1.807, 2.05) is 6.08 Å². The number of hydrogen-bond acceptors (Lipinski definition) is 1. The van der Waals surface area contributed by atoms with E-state index in [0.29, 0.717) is 23.9 Å². The molecule has 4 atom stereocenters. The van der Waals surface area contributed by atoms with Crippen molar-refractivity contribution in [1.82, 2.24) is 0 Å². The molecule has 2 fully saturated rings. The Kier molecular flexibility index (Phi) is 4.82. The van der Waals surface area contributed by atoms with Gasteiger partial charge in [0.2, 0.25) is 0 Å². The predicted octanol–water partition coefficient (Wildman–Crippen LogP) is 5.28. The molecular formula is C20H32O. The molecule has 0 bridgehead atoms. The van der Waals surface area contributed by atoms with Crippen molar-refractivity contribution < 1.29 is 5.11 Å². The molecule has 0 amide bonds. The number of allylic oxidation sites excluding steroid dienone is 4. The minimum atomic E-state index is 0.100. The van der Waals surface area contributed by atoms with E-state index < -0.39 is 0 Å². The summed E-state index contributed by atoms with van der Waals surface area (Å²) in [5.41, 5.74) is 3.07. The molecule has 0 unspecified atom stereocenters. The zero-order chi connectivity index (χ0) is 15.7. The molecule has 0 radical (unpaired) electrons. The summed E-state index contributed by atoms with van der Waals surface area (Å²) in [4.78, 5) is 0. The van der Waals surface area contributed by atoms with Crippen LogP contribution in [-0.4, -0.2) is 11.7 Å². The van der Waals surface area contributed by atoms with Gasteiger partial charge in [0.25, 0.3) is 0 Å². The van der Waals surface area contributed by atoms with Crippen LogP contribution in [0.1, 0.15) is 59.3 Å². The third-order valence-electron chi connectivity index (χ3n) is 6.50. The highest BCUT2D eigenvalue weighted by Crippen LogP contribution is 2.61. The minimum absolute atomic E-state index is 0.100. The van der Waals surface area contributed by atoms with Crippen LogP contribution in [0.3, 0.4) is 0 Å². The second kappa shape index (κ2) is 6.12. The Bertz CT molecular complexity index is 447. The average Bonchev–Trinajstić information content (AvgIpc) is 2.45. The average molecular weight is 288 g/mol. The monoisotopic (exact) mass is 288 g/mol. The van der Waals surface area contributed by atoms with Crippen molar-refractivity contribution in [2.75, 3.05) is 6.61 Å². The van der Waals surface area contributed by atoms with Crippen molar-refractivity contribution in [3.8, 4) is 0 Å². The van der Waals surface area contributed by atoms with E-state index >= 15 is 0 Å². The number of rotatable bonds is 4. The number of hydrogen-bond donors (Lipinski definition) is 1. The van der Waals surface area contributed by atoms with Crippen LogP contribution in [-0.2, 0) is 0 Å². The molecule has 2 aliphatic carbocycles. The summed E-state index contributed by atoms with van der Waals surface area (Å²) >= 11 is 0. The van der Waals surface area contributed by atoms with Gasteiger partial charge in [-0.1, -0.05) is 56.7 Å². The number of aliphatic hydroxyl groups excluding tert-OH is 1. The van der Waals surface area contributed by atoms with Crippen LogP contribution in [0.2, 0.25) is 0 Å². The summed E-state index contributed by atoms with van der Waals surface area (Å²) < 4.78 is 0. The first-order valence-electron chi connectivity index (χ1n) is 8.45. The van der Waals surface area contributed by atoms with Gasteiger partial charge in [-0.2, -0.15) is 0 Å². The Hall–Kier alpha value is -0.820. The molecule has 0 spiro atoms. The molecule has 1 heteroatoms. The minimum Gasteiger partial charge on any atom is -0.396 e. The van der Waals surface area contributed by atoms with Crippen LogP contribution >= 0.6 is 0 Å². The molecule has 0 aromatic heterocycles. The topological polar surface area (TPSA) is 20.2 Å². The maximum absolute atomic E-state index is 9.96.